The SMILES string of the molecule is CNC(=O)/C(C#N)=C\c1ccc(C(=O)O)cc1. The van der Waals surface area contributed by atoms with Gasteiger partial charge in [-0.3, -0.25) is 4.79 Å². The van der Waals surface area contributed by atoms with E-state index >= 15 is 0 Å². The number of nitrogens with zero attached hydrogens (tertiary/aromatic N) is 1. The van der Waals surface area contributed by atoms with Gasteiger partial charge in [0, 0.05) is 7.05 Å². The van der Waals surface area contributed by atoms with Crippen LogP contribution in [-0.4, -0.2) is 24.0 Å². The van der Waals surface area contributed by atoms with E-state index in [1.165, 1.54) is 37.4 Å². The molecule has 17 heavy (non-hydrogen) atoms. The number of amides is 1. The molecule has 0 saturated carbocycles. The van der Waals surface area contributed by atoms with Crippen LogP contribution in [0, 0.1) is 11.3 Å². The van der Waals surface area contributed by atoms with Crippen molar-refractivity contribution in [2.75, 3.05) is 7.05 Å². The van der Waals surface area contributed by atoms with E-state index in [2.05, 4.69) is 5.32 Å². The largest absolute Gasteiger partial charge is 0.478 e. The van der Waals surface area contributed by atoms with Gasteiger partial charge in [-0.2, -0.15) is 5.26 Å². The first kappa shape index (κ1) is 12.5. The van der Waals surface area contributed by atoms with Crippen LogP contribution in [-0.2, 0) is 4.79 Å². The lowest BCUT2D eigenvalue weighted by Crippen LogP contribution is -2.19. The van der Waals surface area contributed by atoms with E-state index in [4.69, 9.17) is 10.4 Å². The second-order valence-corrected chi connectivity index (χ2v) is 3.18. The van der Waals surface area contributed by atoms with Crippen molar-refractivity contribution in [1.82, 2.24) is 5.32 Å². The molecule has 0 aromatic heterocycles. The van der Waals surface area contributed by atoms with Crippen LogP contribution in [0.15, 0.2) is 29.8 Å². The molecule has 0 aliphatic carbocycles. The number of carbonyl (C=O) groups excluding carboxylic acids is 1. The first-order chi connectivity index (χ1) is 8.08. The number of nitrogens with one attached hydrogen (secondary N) is 1. The predicted octanol–water partition coefficient (Wildman–Crippen LogP) is 1.04. The molecule has 1 aromatic carbocycles. The number of aromatic carboxylic acids is 1. The number of rotatable bonds is 3. The molecule has 0 bridgehead atoms. The molecule has 5 nitrogen and oxygen atoms in total. The number of hydrogen-bond donors (Lipinski definition) is 2. The molecule has 0 atom stereocenters. The van der Waals surface area contributed by atoms with Crippen molar-refractivity contribution in [2.24, 2.45) is 0 Å². The molecule has 1 amide bonds. The van der Waals surface area contributed by atoms with Crippen molar-refractivity contribution >= 4 is 18.0 Å². The second kappa shape index (κ2) is 5.47. The maximum atomic E-state index is 11.2. The molecular formula is C12H10N2O3. The van der Waals surface area contributed by atoms with Gasteiger partial charge in [0.25, 0.3) is 5.91 Å². The molecule has 1 rings (SSSR count). The summed E-state index contributed by atoms with van der Waals surface area (Å²) in [6, 6.07) is 7.65. The van der Waals surface area contributed by atoms with E-state index in [-0.39, 0.29) is 11.1 Å². The van der Waals surface area contributed by atoms with Gasteiger partial charge in [0.1, 0.15) is 11.6 Å². The standard InChI is InChI=1S/C12H10N2O3/c1-14-11(15)10(7-13)6-8-2-4-9(5-3-8)12(16)17/h2-6H,1H3,(H,14,15)(H,16,17)/b10-6-. The molecular weight excluding hydrogens is 220 g/mol. The van der Waals surface area contributed by atoms with Crippen LogP contribution in [0.3, 0.4) is 0 Å². The highest BCUT2D eigenvalue weighted by Gasteiger charge is 2.06. The Kier molecular flexibility index (Phi) is 4.01. The summed E-state index contributed by atoms with van der Waals surface area (Å²) in [4.78, 5) is 21.8. The summed E-state index contributed by atoms with van der Waals surface area (Å²) in [5, 5.41) is 19.8. The zero-order chi connectivity index (χ0) is 12.8. The average Bonchev–Trinajstić information content (AvgIpc) is 2.35. The number of carboxylic acid groups (broad SMARTS) is 1. The van der Waals surface area contributed by atoms with E-state index in [0.717, 1.165) is 0 Å². The van der Waals surface area contributed by atoms with Crippen molar-refractivity contribution in [2.45, 2.75) is 0 Å². The summed E-state index contributed by atoms with van der Waals surface area (Å²) in [6.45, 7) is 0. The van der Waals surface area contributed by atoms with Gasteiger partial charge in [0.05, 0.1) is 5.56 Å². The molecule has 0 aliphatic heterocycles. The fourth-order valence-corrected chi connectivity index (χ4v) is 1.17. The minimum absolute atomic E-state index is 0.0319. The maximum absolute atomic E-state index is 11.2. The summed E-state index contributed by atoms with van der Waals surface area (Å²) in [6.07, 6.45) is 1.39. The van der Waals surface area contributed by atoms with Gasteiger partial charge in [0.2, 0.25) is 0 Å². The number of carboxylic acids is 1. The Labute approximate surface area is 98.0 Å². The van der Waals surface area contributed by atoms with Gasteiger partial charge in [0.15, 0.2) is 0 Å². The maximum Gasteiger partial charge on any atom is 0.335 e. The summed E-state index contributed by atoms with van der Waals surface area (Å²) >= 11 is 0. The van der Waals surface area contributed by atoms with Crippen molar-refractivity contribution in [1.29, 1.82) is 5.26 Å². The van der Waals surface area contributed by atoms with Crippen molar-refractivity contribution in [3.05, 3.63) is 41.0 Å². The molecule has 2 N–H and O–H groups in total. The first-order valence-electron chi connectivity index (χ1n) is 4.75. The highest BCUT2D eigenvalue weighted by atomic mass is 16.4. The van der Waals surface area contributed by atoms with Gasteiger partial charge >= 0.3 is 5.97 Å². The molecule has 0 saturated heterocycles. The Morgan fingerprint density at radius 1 is 1.35 bits per heavy atom. The van der Waals surface area contributed by atoms with Crippen LogP contribution in [0.2, 0.25) is 0 Å². The minimum atomic E-state index is -1.02. The minimum Gasteiger partial charge on any atom is -0.478 e. The Hall–Kier alpha value is -2.61. The first-order valence-corrected chi connectivity index (χ1v) is 4.75. The van der Waals surface area contributed by atoms with E-state index in [1.807, 2.05) is 0 Å². The zero-order valence-corrected chi connectivity index (χ0v) is 9.10. The molecule has 5 heteroatoms. The quantitative estimate of drug-likeness (QED) is 0.599. The van der Waals surface area contributed by atoms with Crippen LogP contribution in [0.25, 0.3) is 6.08 Å². The zero-order valence-electron chi connectivity index (χ0n) is 9.10. The number of benzene rings is 1. The Bertz CT molecular complexity index is 510. The molecule has 0 unspecified atom stereocenters. The summed E-state index contributed by atoms with van der Waals surface area (Å²) in [5.41, 5.74) is 0.714. The van der Waals surface area contributed by atoms with E-state index in [1.54, 1.807) is 6.07 Å². The Morgan fingerprint density at radius 3 is 2.35 bits per heavy atom. The Balaban J connectivity index is 3.02. The van der Waals surface area contributed by atoms with Crippen molar-refractivity contribution in [3.8, 4) is 6.07 Å². The third-order valence-corrected chi connectivity index (χ3v) is 2.06. The molecule has 0 spiro atoms. The number of likely N-dealkylation sites (N-methyl/N-ethyl adjacent to an activating group) is 1. The predicted molar refractivity (Wildman–Crippen MR) is 61.1 cm³/mol. The third-order valence-electron chi connectivity index (χ3n) is 2.06. The van der Waals surface area contributed by atoms with Crippen LogP contribution in [0.1, 0.15) is 15.9 Å². The highest BCUT2D eigenvalue weighted by molar-refractivity contribution is 6.01. The summed E-state index contributed by atoms with van der Waals surface area (Å²) in [5.74, 6) is -1.50. The molecule has 86 valence electrons. The normalized spacial score (nSPS) is 10.5. The van der Waals surface area contributed by atoms with Crippen LogP contribution in [0.5, 0.6) is 0 Å². The highest BCUT2D eigenvalue weighted by Crippen LogP contribution is 2.09. The van der Waals surface area contributed by atoms with E-state index < -0.39 is 11.9 Å². The lowest BCUT2D eigenvalue weighted by atomic mass is 10.1. The van der Waals surface area contributed by atoms with Crippen molar-refractivity contribution in [3.63, 3.8) is 0 Å². The summed E-state index contributed by atoms with van der Waals surface area (Å²) < 4.78 is 0. The van der Waals surface area contributed by atoms with E-state index in [0.29, 0.717) is 5.56 Å². The van der Waals surface area contributed by atoms with Gasteiger partial charge in [-0.15, -0.1) is 0 Å². The lowest BCUT2D eigenvalue weighted by molar-refractivity contribution is -0.116. The second-order valence-electron chi connectivity index (χ2n) is 3.18. The average molecular weight is 230 g/mol. The smallest absolute Gasteiger partial charge is 0.335 e. The summed E-state index contributed by atoms with van der Waals surface area (Å²) in [7, 11) is 1.43. The monoisotopic (exact) mass is 230 g/mol. The topological polar surface area (TPSA) is 90.2 Å². The number of carbonyl (C=O) groups is 2. The van der Waals surface area contributed by atoms with Crippen LogP contribution in [0.4, 0.5) is 0 Å². The van der Waals surface area contributed by atoms with Crippen molar-refractivity contribution < 1.29 is 14.7 Å². The van der Waals surface area contributed by atoms with Crippen LogP contribution < -0.4 is 5.32 Å². The number of hydrogen-bond acceptors (Lipinski definition) is 3. The van der Waals surface area contributed by atoms with E-state index in [9.17, 15) is 9.59 Å². The molecule has 0 radical (unpaired) electrons. The van der Waals surface area contributed by atoms with Crippen LogP contribution >= 0.6 is 0 Å². The molecule has 1 aromatic rings. The third kappa shape index (κ3) is 3.18. The fourth-order valence-electron chi connectivity index (χ4n) is 1.17. The van der Waals surface area contributed by atoms with Gasteiger partial charge in [-0.05, 0) is 23.8 Å². The Morgan fingerprint density at radius 2 is 1.94 bits per heavy atom. The number of nitriles is 1. The van der Waals surface area contributed by atoms with Gasteiger partial charge < -0.3 is 10.4 Å². The van der Waals surface area contributed by atoms with Gasteiger partial charge in [-0.25, -0.2) is 4.79 Å². The molecule has 0 aliphatic rings. The molecule has 0 fully saturated rings. The van der Waals surface area contributed by atoms with Gasteiger partial charge in [-0.1, -0.05) is 12.1 Å². The lowest BCUT2D eigenvalue weighted by Gasteiger charge is -1.98. The molecule has 0 heterocycles. The fraction of sp³-hybridized carbons (Fsp3) is 0.0833.